The van der Waals surface area contributed by atoms with Gasteiger partial charge in [0.15, 0.2) is 10.6 Å². The fourth-order valence-corrected chi connectivity index (χ4v) is 5.58. The lowest BCUT2D eigenvalue weighted by atomic mass is 9.73. The lowest BCUT2D eigenvalue weighted by Crippen LogP contribution is -2.42. The molecule has 2 aromatic carbocycles. The Balaban J connectivity index is 1.78. The fourth-order valence-electron chi connectivity index (χ4n) is 4.44. The molecule has 1 aliphatic heterocycles. The van der Waals surface area contributed by atoms with Crippen LogP contribution in [0.5, 0.6) is 0 Å². The van der Waals surface area contributed by atoms with Gasteiger partial charge in [-0.15, -0.1) is 0 Å². The Morgan fingerprint density at radius 2 is 1.84 bits per heavy atom. The Labute approximate surface area is 193 Å². The molecule has 1 unspecified atom stereocenters. The van der Waals surface area contributed by atoms with Gasteiger partial charge in [-0.2, -0.15) is 0 Å². The summed E-state index contributed by atoms with van der Waals surface area (Å²) in [5.41, 5.74) is 1.93. The van der Waals surface area contributed by atoms with E-state index in [9.17, 15) is 14.0 Å². The largest absolute Gasteiger partial charge is 0.294 e. The number of ketones is 1. The average Bonchev–Trinajstić information content (AvgIpc) is 3.03. The highest BCUT2D eigenvalue weighted by Crippen LogP contribution is 2.43. The first-order valence-electron chi connectivity index (χ1n) is 10.3. The van der Waals surface area contributed by atoms with E-state index < -0.39 is 11.9 Å². The number of rotatable bonds is 2. The minimum absolute atomic E-state index is 0.00309. The summed E-state index contributed by atoms with van der Waals surface area (Å²) in [5, 5.41) is 0.575. The highest BCUT2D eigenvalue weighted by molar-refractivity contribution is 7.07. The first-order chi connectivity index (χ1) is 15.2. The summed E-state index contributed by atoms with van der Waals surface area (Å²) >= 11 is 7.30. The highest BCUT2D eigenvalue weighted by atomic mass is 35.5. The van der Waals surface area contributed by atoms with Crippen LogP contribution in [0.1, 0.15) is 43.9 Å². The summed E-state index contributed by atoms with van der Waals surface area (Å²) in [6.45, 7) is 4.10. The van der Waals surface area contributed by atoms with Crippen molar-refractivity contribution < 1.29 is 9.18 Å². The van der Waals surface area contributed by atoms with Crippen LogP contribution in [0, 0.1) is 11.2 Å². The number of aromatic nitrogens is 1. The standard InChI is InChI=1S/C25H20ClFN2O2S/c1-25(2)12-18-21(19(30)13-25)22(14-7-9-16(26)10-8-14)29-23(31)20(32-24(29)28-18)11-15-5-3-4-6-17(15)27/h3-11,22H,12-13H2,1-2H3. The van der Waals surface area contributed by atoms with Gasteiger partial charge in [-0.1, -0.05) is 67.1 Å². The van der Waals surface area contributed by atoms with E-state index in [0.717, 1.165) is 11.3 Å². The molecule has 0 saturated heterocycles. The van der Waals surface area contributed by atoms with Gasteiger partial charge in [-0.25, -0.2) is 9.38 Å². The van der Waals surface area contributed by atoms with Crippen molar-refractivity contribution in [3.63, 3.8) is 0 Å². The minimum atomic E-state index is -0.579. The normalized spacial score (nSPS) is 20.1. The zero-order valence-electron chi connectivity index (χ0n) is 17.6. The lowest BCUT2D eigenvalue weighted by molar-refractivity contribution is -0.118. The Bertz CT molecular complexity index is 1460. The number of benzene rings is 2. The van der Waals surface area contributed by atoms with Crippen LogP contribution in [0.3, 0.4) is 0 Å². The number of nitrogens with zero attached hydrogens (tertiary/aromatic N) is 2. The number of allylic oxidation sites excluding steroid dienone is 2. The zero-order chi connectivity index (χ0) is 22.6. The van der Waals surface area contributed by atoms with Crippen LogP contribution in [0.4, 0.5) is 4.39 Å². The Hall–Kier alpha value is -2.83. The third kappa shape index (κ3) is 3.57. The van der Waals surface area contributed by atoms with Crippen molar-refractivity contribution in [3.05, 3.63) is 101 Å². The molecule has 2 heterocycles. The van der Waals surface area contributed by atoms with E-state index >= 15 is 0 Å². The van der Waals surface area contributed by atoms with E-state index in [1.54, 1.807) is 41.0 Å². The van der Waals surface area contributed by atoms with Crippen molar-refractivity contribution in [2.24, 2.45) is 10.4 Å². The van der Waals surface area contributed by atoms with Crippen molar-refractivity contribution in [3.8, 4) is 0 Å². The molecular weight excluding hydrogens is 447 g/mol. The number of carbonyl (C=O) groups excluding carboxylic acids is 1. The van der Waals surface area contributed by atoms with E-state index in [4.69, 9.17) is 16.6 Å². The molecule has 3 aromatic rings. The molecule has 0 saturated carbocycles. The zero-order valence-corrected chi connectivity index (χ0v) is 19.1. The summed E-state index contributed by atoms with van der Waals surface area (Å²) in [4.78, 5) is 32.0. The van der Waals surface area contributed by atoms with Gasteiger partial charge >= 0.3 is 0 Å². The maximum absolute atomic E-state index is 14.2. The van der Waals surface area contributed by atoms with Crippen LogP contribution in [-0.2, 0) is 4.79 Å². The molecule has 5 rings (SSSR count). The molecule has 0 radical (unpaired) electrons. The third-order valence-electron chi connectivity index (χ3n) is 5.87. The van der Waals surface area contributed by atoms with Gasteiger partial charge in [0.05, 0.1) is 16.3 Å². The second kappa shape index (κ2) is 7.64. The molecule has 0 fully saturated rings. The van der Waals surface area contributed by atoms with Crippen LogP contribution in [0.25, 0.3) is 6.08 Å². The van der Waals surface area contributed by atoms with Crippen LogP contribution in [0.2, 0.25) is 5.02 Å². The van der Waals surface area contributed by atoms with Crippen LogP contribution in [-0.4, -0.2) is 10.4 Å². The third-order valence-corrected chi connectivity index (χ3v) is 7.11. The number of fused-ring (bicyclic) bond motifs is 1. The summed E-state index contributed by atoms with van der Waals surface area (Å²) in [5.74, 6) is -0.396. The first-order valence-corrected chi connectivity index (χ1v) is 11.5. The average molecular weight is 467 g/mol. The van der Waals surface area contributed by atoms with Gasteiger partial charge in [0.25, 0.3) is 5.56 Å². The minimum Gasteiger partial charge on any atom is -0.294 e. The van der Waals surface area contributed by atoms with Crippen molar-refractivity contribution in [2.75, 3.05) is 0 Å². The molecule has 0 amide bonds. The van der Waals surface area contributed by atoms with Crippen LogP contribution in [0.15, 0.2) is 69.6 Å². The molecular formula is C25H20ClFN2O2S. The van der Waals surface area contributed by atoms with E-state index in [-0.39, 0.29) is 16.8 Å². The maximum atomic E-state index is 14.2. The van der Waals surface area contributed by atoms with Crippen LogP contribution >= 0.6 is 22.9 Å². The molecule has 0 spiro atoms. The highest BCUT2D eigenvalue weighted by Gasteiger charge is 2.40. The fraction of sp³-hybridized carbons (Fsp3) is 0.240. The van der Waals surface area contributed by atoms with Gasteiger partial charge in [-0.05, 0) is 41.7 Å². The van der Waals surface area contributed by atoms with Crippen molar-refractivity contribution >= 4 is 34.8 Å². The lowest BCUT2D eigenvalue weighted by Gasteiger charge is -2.35. The molecule has 2 aliphatic rings. The monoisotopic (exact) mass is 466 g/mol. The molecule has 1 atom stereocenters. The molecule has 0 N–H and O–H groups in total. The molecule has 0 bridgehead atoms. The molecule has 1 aliphatic carbocycles. The summed E-state index contributed by atoms with van der Waals surface area (Å²) in [6, 6.07) is 12.9. The van der Waals surface area contributed by atoms with E-state index in [1.165, 1.54) is 17.4 Å². The SMILES string of the molecule is CC1(C)CC(=O)C2=C(C1)N=c1sc(=Cc3ccccc3F)c(=O)n1C2c1ccc(Cl)cc1. The van der Waals surface area contributed by atoms with Crippen molar-refractivity contribution in [1.29, 1.82) is 0 Å². The second-order valence-corrected chi connectivity index (χ2v) is 10.4. The topological polar surface area (TPSA) is 51.4 Å². The Kier molecular flexibility index (Phi) is 5.02. The predicted molar refractivity (Wildman–Crippen MR) is 124 cm³/mol. The summed E-state index contributed by atoms with van der Waals surface area (Å²) in [6.07, 6.45) is 2.59. The van der Waals surface area contributed by atoms with E-state index in [1.807, 2.05) is 12.1 Å². The number of carbonyl (C=O) groups is 1. The van der Waals surface area contributed by atoms with Gasteiger partial charge in [-0.3, -0.25) is 14.2 Å². The predicted octanol–water partition coefficient (Wildman–Crippen LogP) is 4.40. The quantitative estimate of drug-likeness (QED) is 0.562. The number of thiazole rings is 1. The molecule has 4 nitrogen and oxygen atoms in total. The van der Waals surface area contributed by atoms with Crippen LogP contribution < -0.4 is 14.9 Å². The molecule has 32 heavy (non-hydrogen) atoms. The first kappa shape index (κ1) is 21.0. The van der Waals surface area contributed by atoms with Gasteiger partial charge < -0.3 is 0 Å². The second-order valence-electron chi connectivity index (χ2n) is 8.96. The number of hydrogen-bond acceptors (Lipinski definition) is 4. The van der Waals surface area contributed by atoms with Gasteiger partial charge in [0, 0.05) is 22.6 Å². The van der Waals surface area contributed by atoms with Crippen molar-refractivity contribution in [2.45, 2.75) is 32.7 Å². The van der Waals surface area contributed by atoms with Gasteiger partial charge in [0.1, 0.15) is 5.82 Å². The number of halogens is 2. The van der Waals surface area contributed by atoms with Gasteiger partial charge in [0.2, 0.25) is 0 Å². The molecule has 162 valence electrons. The maximum Gasteiger partial charge on any atom is 0.271 e. The Morgan fingerprint density at radius 1 is 1.12 bits per heavy atom. The molecule has 1 aromatic heterocycles. The van der Waals surface area contributed by atoms with E-state index in [2.05, 4.69) is 13.8 Å². The van der Waals surface area contributed by atoms with E-state index in [0.29, 0.717) is 38.3 Å². The Morgan fingerprint density at radius 3 is 2.56 bits per heavy atom. The smallest absolute Gasteiger partial charge is 0.271 e. The van der Waals surface area contributed by atoms with Crippen molar-refractivity contribution in [1.82, 2.24) is 4.57 Å². The summed E-state index contributed by atoms with van der Waals surface area (Å²) < 4.78 is 16.2. The number of hydrogen-bond donors (Lipinski definition) is 0. The summed E-state index contributed by atoms with van der Waals surface area (Å²) in [7, 11) is 0. The molecule has 7 heteroatoms. The number of Topliss-reactive ketones (excluding diaryl/α,β-unsaturated/α-hetero) is 1.